The Hall–Kier alpha value is 0.200. The van der Waals surface area contributed by atoms with E-state index in [1.54, 1.807) is 0 Å². The molecule has 5 heteroatoms. The molecule has 1 aliphatic heterocycles. The maximum Gasteiger partial charge on any atom is 0.211 e. The molecule has 0 saturated carbocycles. The molecule has 0 aromatic heterocycles. The Kier molecular flexibility index (Phi) is 2.92. The summed E-state index contributed by atoms with van der Waals surface area (Å²) in [4.78, 5) is 0. The molecule has 1 saturated heterocycles. The first-order valence-electron chi connectivity index (χ1n) is 2.56. The zero-order valence-electron chi connectivity index (χ0n) is 5.20. The highest BCUT2D eigenvalue weighted by molar-refractivity contribution is 7.88. The molecule has 56 valence electrons. The fourth-order valence-electron chi connectivity index (χ4n) is 0.619. The van der Waals surface area contributed by atoms with E-state index in [9.17, 15) is 8.42 Å². The normalized spacial score (nSPS) is 20.1. The Morgan fingerprint density at radius 2 is 1.78 bits per heavy atom. The maximum atomic E-state index is 10.5. The van der Waals surface area contributed by atoms with Crippen molar-refractivity contribution in [1.29, 1.82) is 0 Å². The molecule has 0 amide bonds. The van der Waals surface area contributed by atoms with Gasteiger partial charge in [0.15, 0.2) is 0 Å². The maximum absolute atomic E-state index is 10.5. The third kappa shape index (κ3) is 2.12. The van der Waals surface area contributed by atoms with Crippen LogP contribution in [0.1, 0.15) is 6.42 Å². The number of hydrogen-bond acceptors (Lipinski definition) is 2. The minimum absolute atomic E-state index is 0. The summed E-state index contributed by atoms with van der Waals surface area (Å²) in [5.41, 5.74) is 0. The Morgan fingerprint density at radius 3 is 1.78 bits per heavy atom. The molecular formula is C4H10ClNO2S. The smallest absolute Gasteiger partial charge is 0.211 e. The summed E-state index contributed by atoms with van der Waals surface area (Å²) in [6, 6.07) is 0. The molecule has 0 radical (unpaired) electrons. The number of nitrogens with zero attached hydrogens (tertiary/aromatic N) is 1. The van der Waals surface area contributed by atoms with Crippen molar-refractivity contribution in [1.82, 2.24) is 4.31 Å². The van der Waals surface area contributed by atoms with Crippen LogP contribution in [0.2, 0.25) is 0 Å². The van der Waals surface area contributed by atoms with Crippen LogP contribution in [0.3, 0.4) is 0 Å². The molecule has 0 unspecified atom stereocenters. The van der Waals surface area contributed by atoms with E-state index in [-0.39, 0.29) is 12.4 Å². The summed E-state index contributed by atoms with van der Waals surface area (Å²) in [7, 11) is -2.83. The Bertz CT molecular complexity index is 173. The van der Waals surface area contributed by atoms with Gasteiger partial charge in [-0.15, -0.1) is 12.4 Å². The first kappa shape index (κ1) is 9.20. The lowest BCUT2D eigenvalue weighted by Crippen LogP contribution is -2.41. The van der Waals surface area contributed by atoms with Crippen molar-refractivity contribution >= 4 is 22.4 Å². The number of hydrogen-bond donors (Lipinski definition) is 0. The van der Waals surface area contributed by atoms with Gasteiger partial charge in [0.25, 0.3) is 0 Å². The van der Waals surface area contributed by atoms with Crippen molar-refractivity contribution in [2.24, 2.45) is 0 Å². The molecule has 0 aromatic rings. The summed E-state index contributed by atoms with van der Waals surface area (Å²) in [5.74, 6) is 0. The highest BCUT2D eigenvalue weighted by Crippen LogP contribution is 2.09. The van der Waals surface area contributed by atoms with Crippen molar-refractivity contribution in [2.75, 3.05) is 19.3 Å². The minimum Gasteiger partial charge on any atom is -0.213 e. The second kappa shape index (κ2) is 2.86. The first-order valence-corrected chi connectivity index (χ1v) is 4.40. The van der Waals surface area contributed by atoms with Crippen LogP contribution in [0.15, 0.2) is 0 Å². The monoisotopic (exact) mass is 171 g/mol. The van der Waals surface area contributed by atoms with E-state index in [1.807, 2.05) is 0 Å². The SMILES string of the molecule is CS(=O)(=O)N1CCC1.Cl. The van der Waals surface area contributed by atoms with E-state index in [1.165, 1.54) is 10.6 Å². The van der Waals surface area contributed by atoms with Gasteiger partial charge in [-0.2, -0.15) is 0 Å². The largest absolute Gasteiger partial charge is 0.213 e. The second-order valence-corrected chi connectivity index (χ2v) is 4.00. The molecule has 0 N–H and O–H groups in total. The van der Waals surface area contributed by atoms with Gasteiger partial charge in [-0.1, -0.05) is 0 Å². The van der Waals surface area contributed by atoms with Crippen LogP contribution in [-0.4, -0.2) is 32.1 Å². The fourth-order valence-corrected chi connectivity index (χ4v) is 1.54. The molecule has 1 aliphatic rings. The van der Waals surface area contributed by atoms with Gasteiger partial charge in [0.05, 0.1) is 6.26 Å². The van der Waals surface area contributed by atoms with Gasteiger partial charge in [0.1, 0.15) is 0 Å². The van der Waals surface area contributed by atoms with Crippen LogP contribution in [0.5, 0.6) is 0 Å². The van der Waals surface area contributed by atoms with Gasteiger partial charge in [-0.3, -0.25) is 0 Å². The Balaban J connectivity index is 0.000000640. The van der Waals surface area contributed by atoms with E-state index >= 15 is 0 Å². The highest BCUT2D eigenvalue weighted by Gasteiger charge is 2.22. The van der Waals surface area contributed by atoms with Crippen LogP contribution in [0, 0.1) is 0 Å². The van der Waals surface area contributed by atoms with Crippen molar-refractivity contribution in [3.63, 3.8) is 0 Å². The molecule has 3 nitrogen and oxygen atoms in total. The predicted octanol–water partition coefficient (Wildman–Crippen LogP) is 0.0735. The molecule has 1 fully saturated rings. The summed E-state index contributed by atoms with van der Waals surface area (Å²) in [5, 5.41) is 0. The molecule has 9 heavy (non-hydrogen) atoms. The highest BCUT2D eigenvalue weighted by atomic mass is 35.5. The lowest BCUT2D eigenvalue weighted by molar-refractivity contribution is 0.312. The van der Waals surface area contributed by atoms with Crippen molar-refractivity contribution in [2.45, 2.75) is 6.42 Å². The van der Waals surface area contributed by atoms with Crippen molar-refractivity contribution < 1.29 is 8.42 Å². The minimum atomic E-state index is -2.83. The Morgan fingerprint density at radius 1 is 1.33 bits per heavy atom. The average Bonchev–Trinajstić information content (AvgIpc) is 1.16. The zero-order chi connectivity index (χ0) is 6.20. The second-order valence-electron chi connectivity index (χ2n) is 2.02. The summed E-state index contributed by atoms with van der Waals surface area (Å²) in [6.07, 6.45) is 2.26. The van der Waals surface area contributed by atoms with Crippen LogP contribution >= 0.6 is 12.4 Å². The van der Waals surface area contributed by atoms with Crippen LogP contribution < -0.4 is 0 Å². The standard InChI is InChI=1S/C4H9NO2S.ClH/c1-8(6,7)5-3-2-4-5;/h2-4H2,1H3;1H. The van der Waals surface area contributed by atoms with Gasteiger partial charge in [0, 0.05) is 13.1 Å². The third-order valence-corrected chi connectivity index (χ3v) is 2.59. The lowest BCUT2D eigenvalue weighted by Gasteiger charge is -2.27. The van der Waals surface area contributed by atoms with Crippen LogP contribution in [-0.2, 0) is 10.0 Å². The zero-order valence-corrected chi connectivity index (χ0v) is 6.83. The topological polar surface area (TPSA) is 37.4 Å². The summed E-state index contributed by atoms with van der Waals surface area (Å²) < 4.78 is 22.5. The van der Waals surface area contributed by atoms with Crippen LogP contribution in [0.25, 0.3) is 0 Å². The number of sulfonamides is 1. The molecule has 0 aliphatic carbocycles. The first-order chi connectivity index (χ1) is 3.61. The van der Waals surface area contributed by atoms with E-state index in [0.29, 0.717) is 0 Å². The van der Waals surface area contributed by atoms with E-state index in [0.717, 1.165) is 19.5 Å². The predicted molar refractivity (Wildman–Crippen MR) is 38.3 cm³/mol. The lowest BCUT2D eigenvalue weighted by atomic mass is 10.3. The van der Waals surface area contributed by atoms with E-state index < -0.39 is 10.0 Å². The van der Waals surface area contributed by atoms with Crippen molar-refractivity contribution in [3.05, 3.63) is 0 Å². The van der Waals surface area contributed by atoms with Gasteiger partial charge >= 0.3 is 0 Å². The molecule has 0 spiro atoms. The van der Waals surface area contributed by atoms with Crippen molar-refractivity contribution in [3.8, 4) is 0 Å². The fraction of sp³-hybridized carbons (Fsp3) is 1.00. The Labute approximate surface area is 61.5 Å². The molecule has 0 atom stereocenters. The van der Waals surface area contributed by atoms with Gasteiger partial charge in [-0.05, 0) is 6.42 Å². The molecule has 1 rings (SSSR count). The molecule has 0 bridgehead atoms. The quantitative estimate of drug-likeness (QED) is 0.560. The van der Waals surface area contributed by atoms with E-state index in [4.69, 9.17) is 0 Å². The number of rotatable bonds is 1. The van der Waals surface area contributed by atoms with Gasteiger partial charge < -0.3 is 0 Å². The number of halogens is 1. The molecular weight excluding hydrogens is 162 g/mol. The third-order valence-electron chi connectivity index (χ3n) is 1.28. The summed E-state index contributed by atoms with van der Waals surface area (Å²) >= 11 is 0. The van der Waals surface area contributed by atoms with Gasteiger partial charge in [-0.25, -0.2) is 12.7 Å². The molecule has 0 aromatic carbocycles. The van der Waals surface area contributed by atoms with E-state index in [2.05, 4.69) is 0 Å². The van der Waals surface area contributed by atoms with Crippen LogP contribution in [0.4, 0.5) is 0 Å². The van der Waals surface area contributed by atoms with Gasteiger partial charge in [0.2, 0.25) is 10.0 Å². The molecule has 1 heterocycles. The summed E-state index contributed by atoms with van der Waals surface area (Å²) in [6.45, 7) is 1.44. The average molecular weight is 172 g/mol.